The lowest BCUT2D eigenvalue weighted by atomic mass is 9.76. The largest absolute Gasteiger partial charge is 0.439 e. The molecule has 1 aromatic carbocycles. The first-order valence-corrected chi connectivity index (χ1v) is 15.6. The SMILES string of the molecule is N#CC1(NC(=O)[C@@H]2CCCC[C@H]2c2oc(-c3ncccc3F)nc2-c2ccc(N3CCS(O)(O)CC3)cc2)CC1. The summed E-state index contributed by atoms with van der Waals surface area (Å²) in [5.74, 6) is -0.0776. The topological polar surface area (TPSA) is 136 Å². The molecule has 3 aliphatic rings. The van der Waals surface area contributed by atoms with E-state index in [1.807, 2.05) is 24.3 Å². The fourth-order valence-electron chi connectivity index (χ4n) is 5.73. The molecule has 2 aliphatic carbocycles. The molecule has 6 rings (SSSR count). The van der Waals surface area contributed by atoms with E-state index in [0.29, 0.717) is 61.7 Å². The molecule has 2 saturated carbocycles. The zero-order valence-electron chi connectivity index (χ0n) is 22.1. The molecule has 3 fully saturated rings. The number of hydrogen-bond donors (Lipinski definition) is 3. The van der Waals surface area contributed by atoms with Gasteiger partial charge in [-0.1, -0.05) is 25.0 Å². The highest BCUT2D eigenvalue weighted by molar-refractivity contribution is 8.24. The number of oxazole rings is 1. The molecule has 9 nitrogen and oxygen atoms in total. The Hall–Kier alpha value is -3.46. The van der Waals surface area contributed by atoms with Crippen LogP contribution >= 0.6 is 10.6 Å². The first-order valence-electron chi connectivity index (χ1n) is 13.7. The van der Waals surface area contributed by atoms with E-state index in [9.17, 15) is 23.6 Å². The Balaban J connectivity index is 1.35. The quantitative estimate of drug-likeness (QED) is 0.354. The molecule has 3 heterocycles. The summed E-state index contributed by atoms with van der Waals surface area (Å²) >= 11 is 0. The molecule has 0 bridgehead atoms. The summed E-state index contributed by atoms with van der Waals surface area (Å²) < 4.78 is 40.9. The Kier molecular flexibility index (Phi) is 7.02. The average molecular weight is 566 g/mol. The van der Waals surface area contributed by atoms with Crippen molar-refractivity contribution in [3.05, 3.63) is 54.2 Å². The molecular formula is C29H32FN5O4S. The second kappa shape index (κ2) is 10.5. The maximum atomic E-state index is 14.7. The van der Waals surface area contributed by atoms with Crippen LogP contribution in [0.2, 0.25) is 0 Å². The van der Waals surface area contributed by atoms with Gasteiger partial charge in [0.1, 0.15) is 17.0 Å². The van der Waals surface area contributed by atoms with Gasteiger partial charge in [-0.25, -0.2) is 14.4 Å². The fraction of sp³-hybridized carbons (Fsp3) is 0.448. The maximum absolute atomic E-state index is 14.7. The highest BCUT2D eigenvalue weighted by atomic mass is 32.3. The van der Waals surface area contributed by atoms with Crippen LogP contribution in [0.1, 0.15) is 50.2 Å². The fourth-order valence-corrected chi connectivity index (χ4v) is 6.96. The van der Waals surface area contributed by atoms with Crippen molar-refractivity contribution >= 4 is 22.2 Å². The number of hydrogen-bond acceptors (Lipinski definition) is 8. The van der Waals surface area contributed by atoms with Crippen LogP contribution in [0.3, 0.4) is 0 Å². The number of anilines is 1. The molecule has 1 amide bonds. The van der Waals surface area contributed by atoms with Crippen molar-refractivity contribution in [1.29, 1.82) is 5.26 Å². The monoisotopic (exact) mass is 565 g/mol. The molecule has 0 unspecified atom stereocenters. The normalized spacial score (nSPS) is 24.1. The van der Waals surface area contributed by atoms with Gasteiger partial charge in [-0.05, 0) is 49.9 Å². The van der Waals surface area contributed by atoms with Gasteiger partial charge < -0.3 is 14.6 Å². The van der Waals surface area contributed by atoms with E-state index in [4.69, 9.17) is 9.40 Å². The van der Waals surface area contributed by atoms with Crippen molar-refractivity contribution in [2.75, 3.05) is 29.5 Å². The molecule has 2 atom stereocenters. The molecule has 0 spiro atoms. The van der Waals surface area contributed by atoms with Gasteiger partial charge in [0.15, 0.2) is 11.5 Å². The van der Waals surface area contributed by atoms with E-state index in [-0.39, 0.29) is 29.3 Å². The van der Waals surface area contributed by atoms with Crippen molar-refractivity contribution in [1.82, 2.24) is 15.3 Å². The molecule has 11 heteroatoms. The first kappa shape index (κ1) is 26.7. The van der Waals surface area contributed by atoms with Crippen molar-refractivity contribution in [3.8, 4) is 28.9 Å². The number of nitriles is 1. The molecule has 1 aliphatic heterocycles. The van der Waals surface area contributed by atoms with Gasteiger partial charge in [0, 0.05) is 42.4 Å². The number of nitrogens with one attached hydrogen (secondary N) is 1. The third kappa shape index (κ3) is 5.31. The standard InChI is InChI=1S/C29H32FN5O4S/c30-23-6-3-13-32-25(23)28-33-24(19-7-9-20(10-8-19)35-14-16-40(37,38)17-15-35)26(39-28)21-4-1-2-5-22(21)27(36)34-29(18-31)11-12-29/h3,6-10,13,21-22,37-38H,1-2,4-5,11-12,14-17H2,(H,34,36)/t21-,22-/m1/s1. The van der Waals surface area contributed by atoms with Crippen LogP contribution in [0.5, 0.6) is 0 Å². The molecule has 3 aromatic rings. The second-order valence-electron chi connectivity index (χ2n) is 11.0. The van der Waals surface area contributed by atoms with Gasteiger partial charge in [-0.2, -0.15) is 15.9 Å². The van der Waals surface area contributed by atoms with Crippen LogP contribution in [0, 0.1) is 23.1 Å². The lowest BCUT2D eigenvalue weighted by Gasteiger charge is -2.41. The number of carbonyl (C=O) groups is 1. The Labute approximate surface area is 233 Å². The predicted octanol–water partition coefficient (Wildman–Crippen LogP) is 5.56. The number of nitrogens with zero attached hydrogens (tertiary/aromatic N) is 4. The van der Waals surface area contributed by atoms with Gasteiger partial charge in [0.2, 0.25) is 11.8 Å². The third-order valence-electron chi connectivity index (χ3n) is 8.26. The zero-order valence-corrected chi connectivity index (χ0v) is 22.9. The molecule has 1 saturated heterocycles. The van der Waals surface area contributed by atoms with Crippen LogP contribution in [0.25, 0.3) is 22.8 Å². The Morgan fingerprint density at radius 3 is 2.52 bits per heavy atom. The molecule has 3 N–H and O–H groups in total. The van der Waals surface area contributed by atoms with Crippen LogP contribution in [-0.4, -0.2) is 55.1 Å². The van der Waals surface area contributed by atoms with Gasteiger partial charge in [0.25, 0.3) is 0 Å². The predicted molar refractivity (Wildman–Crippen MR) is 150 cm³/mol. The Bertz CT molecular complexity index is 1440. The molecule has 0 radical (unpaired) electrons. The van der Waals surface area contributed by atoms with Crippen LogP contribution in [-0.2, 0) is 4.79 Å². The van der Waals surface area contributed by atoms with Crippen LogP contribution in [0.15, 0.2) is 47.0 Å². The van der Waals surface area contributed by atoms with E-state index < -0.39 is 21.9 Å². The molecular weight excluding hydrogens is 533 g/mol. The summed E-state index contributed by atoms with van der Waals surface area (Å²) in [6.07, 6.45) is 5.99. The summed E-state index contributed by atoms with van der Waals surface area (Å²) in [6.45, 7) is 1.12. The highest BCUT2D eigenvalue weighted by Crippen LogP contribution is 2.45. The zero-order chi connectivity index (χ0) is 27.9. The minimum atomic E-state index is -2.49. The lowest BCUT2D eigenvalue weighted by molar-refractivity contribution is -0.127. The summed E-state index contributed by atoms with van der Waals surface area (Å²) in [6, 6.07) is 12.8. The molecule has 40 heavy (non-hydrogen) atoms. The number of benzene rings is 1. The number of carbonyl (C=O) groups excluding carboxylic acids is 1. The van der Waals surface area contributed by atoms with Crippen LogP contribution in [0.4, 0.5) is 10.1 Å². The maximum Gasteiger partial charge on any atom is 0.249 e. The van der Waals surface area contributed by atoms with E-state index >= 15 is 0 Å². The lowest BCUT2D eigenvalue weighted by Crippen LogP contribution is -2.42. The first-order chi connectivity index (χ1) is 19.3. The van der Waals surface area contributed by atoms with E-state index in [0.717, 1.165) is 24.1 Å². The summed E-state index contributed by atoms with van der Waals surface area (Å²) in [5.41, 5.74) is 1.53. The Morgan fingerprint density at radius 1 is 1.12 bits per heavy atom. The van der Waals surface area contributed by atoms with Crippen molar-refractivity contribution in [2.45, 2.75) is 50.0 Å². The van der Waals surface area contributed by atoms with Gasteiger partial charge in [0.05, 0.1) is 17.6 Å². The number of rotatable bonds is 6. The second-order valence-corrected chi connectivity index (χ2v) is 13.4. The molecule has 210 valence electrons. The minimum absolute atomic E-state index is 0.0113. The number of aromatic nitrogens is 2. The Morgan fingerprint density at radius 2 is 1.85 bits per heavy atom. The number of pyridine rings is 1. The highest BCUT2D eigenvalue weighted by Gasteiger charge is 2.47. The van der Waals surface area contributed by atoms with Gasteiger partial charge in [-0.3, -0.25) is 13.9 Å². The van der Waals surface area contributed by atoms with Crippen LogP contribution < -0.4 is 10.2 Å². The van der Waals surface area contributed by atoms with Gasteiger partial charge >= 0.3 is 0 Å². The summed E-state index contributed by atoms with van der Waals surface area (Å²) in [7, 11) is -2.49. The average Bonchev–Trinajstić information content (AvgIpc) is 3.60. The van der Waals surface area contributed by atoms with Crippen molar-refractivity contribution < 1.29 is 22.7 Å². The van der Waals surface area contributed by atoms with E-state index in [1.54, 1.807) is 0 Å². The van der Waals surface area contributed by atoms with Crippen molar-refractivity contribution in [2.24, 2.45) is 5.92 Å². The van der Waals surface area contributed by atoms with E-state index in [2.05, 4.69) is 21.3 Å². The summed E-state index contributed by atoms with van der Waals surface area (Å²) in [4.78, 5) is 24.4. The number of halogens is 1. The van der Waals surface area contributed by atoms with Crippen molar-refractivity contribution in [3.63, 3.8) is 0 Å². The third-order valence-corrected chi connectivity index (χ3v) is 9.94. The smallest absolute Gasteiger partial charge is 0.249 e. The number of amides is 1. The van der Waals surface area contributed by atoms with E-state index in [1.165, 1.54) is 18.3 Å². The molecule has 2 aromatic heterocycles. The van der Waals surface area contributed by atoms with Gasteiger partial charge in [-0.15, -0.1) is 0 Å². The summed E-state index contributed by atoms with van der Waals surface area (Å²) in [5, 5.41) is 12.5. The minimum Gasteiger partial charge on any atom is -0.439 e.